The molecule has 0 radical (unpaired) electrons. The number of benzene rings is 2. The molecule has 1 heterocycles. The van der Waals surface area contributed by atoms with Gasteiger partial charge in [0.05, 0.1) is 16.1 Å². The number of rotatable bonds is 2. The molecule has 5 heteroatoms. The topological polar surface area (TPSA) is 42.0 Å². The number of hydrogen-bond acceptors (Lipinski definition) is 2. The summed E-state index contributed by atoms with van der Waals surface area (Å²) in [6.07, 6.45) is 1.68. The maximum absolute atomic E-state index is 12.4. The van der Waals surface area contributed by atoms with Crippen LogP contribution in [-0.2, 0) is 0 Å². The maximum Gasteiger partial charge on any atom is 0.257 e. The van der Waals surface area contributed by atoms with Gasteiger partial charge >= 0.3 is 0 Å². The Bertz CT molecular complexity index is 830. The lowest BCUT2D eigenvalue weighted by Crippen LogP contribution is -2.12. The van der Waals surface area contributed by atoms with Crippen LogP contribution in [0.4, 0.5) is 5.69 Å². The summed E-state index contributed by atoms with van der Waals surface area (Å²) in [5.41, 5.74) is 1.90. The highest BCUT2D eigenvalue weighted by Crippen LogP contribution is 2.26. The Kier molecular flexibility index (Phi) is 3.90. The van der Waals surface area contributed by atoms with Gasteiger partial charge in [-0.1, -0.05) is 29.8 Å². The van der Waals surface area contributed by atoms with E-state index in [0.717, 1.165) is 9.86 Å². The summed E-state index contributed by atoms with van der Waals surface area (Å²) in [6.45, 7) is 0. The van der Waals surface area contributed by atoms with Gasteiger partial charge in [-0.2, -0.15) is 0 Å². The Balaban J connectivity index is 1.95. The lowest BCUT2D eigenvalue weighted by molar-refractivity contribution is 0.102. The molecule has 1 N–H and O–H groups in total. The zero-order valence-corrected chi connectivity index (χ0v) is 13.1. The largest absolute Gasteiger partial charge is 0.322 e. The second-order valence-electron chi connectivity index (χ2n) is 4.46. The predicted molar refractivity (Wildman–Crippen MR) is 88.8 cm³/mol. The van der Waals surface area contributed by atoms with E-state index in [1.807, 2.05) is 24.3 Å². The molecule has 0 aliphatic carbocycles. The second kappa shape index (κ2) is 5.84. The van der Waals surface area contributed by atoms with Crippen molar-refractivity contribution < 1.29 is 4.79 Å². The smallest absolute Gasteiger partial charge is 0.257 e. The van der Waals surface area contributed by atoms with Crippen LogP contribution in [0.2, 0.25) is 5.02 Å². The van der Waals surface area contributed by atoms with E-state index < -0.39 is 0 Å². The molecule has 0 bridgehead atoms. The van der Waals surface area contributed by atoms with E-state index in [-0.39, 0.29) is 5.91 Å². The summed E-state index contributed by atoms with van der Waals surface area (Å²) in [7, 11) is 0. The Labute approximate surface area is 135 Å². The van der Waals surface area contributed by atoms with Crippen molar-refractivity contribution in [2.75, 3.05) is 5.32 Å². The van der Waals surface area contributed by atoms with Crippen LogP contribution in [0.1, 0.15) is 10.4 Å². The molecule has 1 aromatic heterocycles. The Morgan fingerprint density at radius 2 is 1.95 bits per heavy atom. The van der Waals surface area contributed by atoms with E-state index >= 15 is 0 Å². The second-order valence-corrected chi connectivity index (χ2v) is 5.73. The molecular formula is C16H10BrClN2O. The molecule has 21 heavy (non-hydrogen) atoms. The van der Waals surface area contributed by atoms with Crippen LogP contribution in [-0.4, -0.2) is 10.9 Å². The van der Waals surface area contributed by atoms with Crippen molar-refractivity contribution in [1.82, 2.24) is 4.98 Å². The summed E-state index contributed by atoms with van der Waals surface area (Å²) < 4.78 is 0.734. The van der Waals surface area contributed by atoms with Gasteiger partial charge in [0.1, 0.15) is 0 Å². The number of carbonyl (C=O) groups is 1. The Morgan fingerprint density at radius 3 is 2.76 bits per heavy atom. The Morgan fingerprint density at radius 1 is 1.14 bits per heavy atom. The predicted octanol–water partition coefficient (Wildman–Crippen LogP) is 4.90. The first kappa shape index (κ1) is 14.0. The number of hydrogen-bond donors (Lipinski definition) is 1. The van der Waals surface area contributed by atoms with E-state index in [0.29, 0.717) is 21.8 Å². The first-order valence-electron chi connectivity index (χ1n) is 6.25. The third-order valence-electron chi connectivity index (χ3n) is 3.05. The van der Waals surface area contributed by atoms with Crippen molar-refractivity contribution in [1.29, 1.82) is 0 Å². The summed E-state index contributed by atoms with van der Waals surface area (Å²) in [5, 5.41) is 4.38. The Hall–Kier alpha value is -1.91. The van der Waals surface area contributed by atoms with Gasteiger partial charge in [0, 0.05) is 21.7 Å². The van der Waals surface area contributed by atoms with Gasteiger partial charge in [-0.3, -0.25) is 9.78 Å². The van der Waals surface area contributed by atoms with Crippen LogP contribution < -0.4 is 5.32 Å². The molecule has 0 spiro atoms. The average molecular weight is 362 g/mol. The molecule has 0 aliphatic heterocycles. The van der Waals surface area contributed by atoms with E-state index in [4.69, 9.17) is 11.6 Å². The quantitative estimate of drug-likeness (QED) is 0.705. The molecule has 104 valence electrons. The highest BCUT2D eigenvalue weighted by atomic mass is 79.9. The molecule has 3 nitrogen and oxygen atoms in total. The van der Waals surface area contributed by atoms with Crippen molar-refractivity contribution in [3.63, 3.8) is 0 Å². The maximum atomic E-state index is 12.4. The first-order chi connectivity index (χ1) is 10.1. The fraction of sp³-hybridized carbons (Fsp3) is 0. The van der Waals surface area contributed by atoms with Crippen molar-refractivity contribution in [3.05, 3.63) is 69.8 Å². The van der Waals surface area contributed by atoms with Gasteiger partial charge in [-0.05, 0) is 46.3 Å². The third-order valence-corrected chi connectivity index (χ3v) is 4.27. The van der Waals surface area contributed by atoms with Gasteiger partial charge in [-0.25, -0.2) is 0 Å². The summed E-state index contributed by atoms with van der Waals surface area (Å²) in [5.74, 6) is -0.200. The molecular weight excluding hydrogens is 352 g/mol. The van der Waals surface area contributed by atoms with Gasteiger partial charge in [0.25, 0.3) is 5.91 Å². The highest BCUT2D eigenvalue weighted by molar-refractivity contribution is 9.10. The molecule has 0 saturated carbocycles. The molecule has 0 atom stereocenters. The minimum atomic E-state index is -0.200. The SMILES string of the molecule is O=C(Nc1ccc(Cl)c(Br)c1)c1cccc2cccnc12. The third kappa shape index (κ3) is 2.91. The average Bonchev–Trinajstić information content (AvgIpc) is 2.50. The highest BCUT2D eigenvalue weighted by Gasteiger charge is 2.11. The van der Waals surface area contributed by atoms with Crippen LogP contribution in [0.15, 0.2) is 59.2 Å². The van der Waals surface area contributed by atoms with Crippen LogP contribution in [0.3, 0.4) is 0 Å². The van der Waals surface area contributed by atoms with E-state index in [1.54, 1.807) is 30.5 Å². The normalized spacial score (nSPS) is 10.6. The van der Waals surface area contributed by atoms with Gasteiger partial charge in [0.15, 0.2) is 0 Å². The number of aromatic nitrogens is 1. The lowest BCUT2D eigenvalue weighted by Gasteiger charge is -2.08. The van der Waals surface area contributed by atoms with Gasteiger partial charge in [0.2, 0.25) is 0 Å². The minimum Gasteiger partial charge on any atom is -0.322 e. The summed E-state index contributed by atoms with van der Waals surface area (Å²) in [4.78, 5) is 16.7. The monoisotopic (exact) mass is 360 g/mol. The fourth-order valence-electron chi connectivity index (χ4n) is 2.06. The van der Waals surface area contributed by atoms with Crippen LogP contribution in [0.5, 0.6) is 0 Å². The summed E-state index contributed by atoms with van der Waals surface area (Å²) in [6, 6.07) is 14.5. The summed E-state index contributed by atoms with van der Waals surface area (Å²) >= 11 is 9.28. The number of fused-ring (bicyclic) bond motifs is 1. The molecule has 3 rings (SSSR count). The number of pyridine rings is 1. The molecule has 0 aliphatic rings. The number of nitrogens with zero attached hydrogens (tertiary/aromatic N) is 1. The van der Waals surface area contributed by atoms with Crippen molar-refractivity contribution in [2.24, 2.45) is 0 Å². The fourth-order valence-corrected chi connectivity index (χ4v) is 2.56. The molecule has 1 amide bonds. The molecule has 2 aromatic carbocycles. The van der Waals surface area contributed by atoms with Gasteiger partial charge in [-0.15, -0.1) is 0 Å². The van der Waals surface area contributed by atoms with E-state index in [2.05, 4.69) is 26.2 Å². The van der Waals surface area contributed by atoms with Crippen LogP contribution in [0, 0.1) is 0 Å². The molecule has 0 saturated heterocycles. The lowest BCUT2D eigenvalue weighted by atomic mass is 10.1. The molecule has 0 fully saturated rings. The van der Waals surface area contributed by atoms with Gasteiger partial charge < -0.3 is 5.32 Å². The minimum absolute atomic E-state index is 0.200. The number of carbonyl (C=O) groups excluding carboxylic acids is 1. The zero-order chi connectivity index (χ0) is 14.8. The molecule has 0 unspecified atom stereocenters. The number of amides is 1. The number of anilines is 1. The van der Waals surface area contributed by atoms with Crippen molar-refractivity contribution >= 4 is 50.0 Å². The standard InChI is InChI=1S/C16H10BrClN2O/c17-13-9-11(6-7-14(13)18)20-16(21)12-5-1-3-10-4-2-8-19-15(10)12/h1-9H,(H,20,21). The number of para-hydroxylation sites is 1. The zero-order valence-electron chi connectivity index (χ0n) is 10.8. The van der Waals surface area contributed by atoms with Crippen molar-refractivity contribution in [3.8, 4) is 0 Å². The number of halogens is 2. The molecule has 3 aromatic rings. The van der Waals surface area contributed by atoms with E-state index in [9.17, 15) is 4.79 Å². The van der Waals surface area contributed by atoms with Crippen LogP contribution in [0.25, 0.3) is 10.9 Å². The number of nitrogens with one attached hydrogen (secondary N) is 1. The van der Waals surface area contributed by atoms with Crippen molar-refractivity contribution in [2.45, 2.75) is 0 Å². The van der Waals surface area contributed by atoms with E-state index in [1.165, 1.54) is 0 Å². The first-order valence-corrected chi connectivity index (χ1v) is 7.42. The van der Waals surface area contributed by atoms with Crippen LogP contribution >= 0.6 is 27.5 Å².